The molecule has 0 aliphatic heterocycles. The zero-order valence-electron chi connectivity index (χ0n) is 16.7. The molecular weight excluding hydrogens is 380 g/mol. The molecule has 2 rings (SSSR count). The first-order valence-electron chi connectivity index (χ1n) is 8.65. The summed E-state index contributed by atoms with van der Waals surface area (Å²) in [5.74, 6) is -3.91. The van der Waals surface area contributed by atoms with Crippen LogP contribution in [0.1, 0.15) is 55.5 Å². The number of nitrogen functional groups attached to an aromatic ring is 1. The third-order valence-corrected chi connectivity index (χ3v) is 5.12. The van der Waals surface area contributed by atoms with Gasteiger partial charge in [-0.2, -0.15) is 0 Å². The van der Waals surface area contributed by atoms with Crippen molar-refractivity contribution in [3.05, 3.63) is 49.3 Å². The first-order valence-corrected chi connectivity index (χ1v) is 8.65. The van der Waals surface area contributed by atoms with Gasteiger partial charge in [-0.05, 0) is 61.1 Å². The molecule has 1 heterocycles. The lowest BCUT2D eigenvalue weighted by molar-refractivity contribution is -0.142. The highest BCUT2D eigenvalue weighted by Crippen LogP contribution is 2.38. The molecule has 1 aromatic carbocycles. The Morgan fingerprint density at radius 1 is 0.897 bits per heavy atom. The van der Waals surface area contributed by atoms with Crippen molar-refractivity contribution in [3.63, 3.8) is 0 Å². The molecule has 0 saturated carbocycles. The third-order valence-electron chi connectivity index (χ3n) is 5.12. The largest absolute Gasteiger partial charge is 0.478 e. The maximum absolute atomic E-state index is 12.3. The predicted octanol–water partition coefficient (Wildman–Crippen LogP) is 2.32. The van der Waals surface area contributed by atoms with E-state index >= 15 is 0 Å². The van der Waals surface area contributed by atoms with Crippen LogP contribution < -0.4 is 11.3 Å². The fourth-order valence-electron chi connectivity index (χ4n) is 3.45. The highest BCUT2D eigenvalue weighted by molar-refractivity contribution is 6.08. The number of benzene rings is 1. The van der Waals surface area contributed by atoms with Gasteiger partial charge in [0.1, 0.15) is 23.6 Å². The number of hydrogen-bond acceptors (Lipinski definition) is 6. The molecule has 9 nitrogen and oxygen atoms in total. The number of carboxylic acids is 2. The van der Waals surface area contributed by atoms with Gasteiger partial charge in [0.2, 0.25) is 0 Å². The number of aromatic carboxylic acids is 2. The van der Waals surface area contributed by atoms with Crippen molar-refractivity contribution in [2.75, 3.05) is 5.73 Å². The summed E-state index contributed by atoms with van der Waals surface area (Å²) in [7, 11) is 0. The number of rotatable bonds is 5. The number of ether oxygens (including phenoxy) is 1. The second-order valence-electron chi connectivity index (χ2n) is 6.74. The van der Waals surface area contributed by atoms with Crippen LogP contribution in [0.4, 0.5) is 5.82 Å². The lowest BCUT2D eigenvalue weighted by atomic mass is 9.83. The van der Waals surface area contributed by atoms with Crippen LogP contribution in [0.5, 0.6) is 0 Å². The number of nitrogens with one attached hydrogen (secondary N) is 1. The minimum atomic E-state index is -1.57. The van der Waals surface area contributed by atoms with Crippen molar-refractivity contribution in [3.8, 4) is 11.1 Å². The lowest BCUT2D eigenvalue weighted by Crippen LogP contribution is -2.25. The first-order chi connectivity index (χ1) is 13.4. The van der Waals surface area contributed by atoms with Crippen molar-refractivity contribution < 1.29 is 29.3 Å². The summed E-state index contributed by atoms with van der Waals surface area (Å²) < 4.78 is 5.11. The molecule has 5 N–H and O–H groups in total. The van der Waals surface area contributed by atoms with Gasteiger partial charge < -0.3 is 25.7 Å². The molecule has 0 spiro atoms. The molecule has 0 aliphatic rings. The Balaban J connectivity index is 3.03. The van der Waals surface area contributed by atoms with E-state index in [1.807, 2.05) is 0 Å². The van der Waals surface area contributed by atoms with Crippen LogP contribution in [0.3, 0.4) is 0 Å². The van der Waals surface area contributed by atoms with E-state index in [9.17, 15) is 29.4 Å². The molecule has 0 saturated heterocycles. The van der Waals surface area contributed by atoms with Crippen molar-refractivity contribution in [1.82, 2.24) is 4.98 Å². The molecule has 9 heteroatoms. The van der Waals surface area contributed by atoms with Crippen LogP contribution in [0.25, 0.3) is 11.1 Å². The molecule has 0 unspecified atom stereocenters. The predicted molar refractivity (Wildman–Crippen MR) is 105 cm³/mol. The van der Waals surface area contributed by atoms with E-state index in [-0.39, 0.29) is 12.2 Å². The molecular formula is C20H22N2O7. The van der Waals surface area contributed by atoms with Crippen LogP contribution in [0.2, 0.25) is 0 Å². The van der Waals surface area contributed by atoms with Gasteiger partial charge in [-0.15, -0.1) is 0 Å². The monoisotopic (exact) mass is 402 g/mol. The molecule has 0 aliphatic carbocycles. The summed E-state index contributed by atoms with van der Waals surface area (Å²) in [6.45, 7) is 8.18. The number of nitrogens with two attached hydrogens (primary N) is 1. The lowest BCUT2D eigenvalue weighted by Gasteiger charge is -2.23. The van der Waals surface area contributed by atoms with Crippen LogP contribution in [0.15, 0.2) is 4.79 Å². The molecule has 0 amide bonds. The van der Waals surface area contributed by atoms with Crippen molar-refractivity contribution in [2.45, 2.75) is 41.2 Å². The molecule has 29 heavy (non-hydrogen) atoms. The Kier molecular flexibility index (Phi) is 5.82. The average molecular weight is 402 g/mol. The number of carboxylic acid groups (broad SMARTS) is 2. The van der Waals surface area contributed by atoms with Crippen molar-refractivity contribution in [1.29, 1.82) is 0 Å². The number of H-pyrrole nitrogens is 1. The van der Waals surface area contributed by atoms with Gasteiger partial charge in [0.25, 0.3) is 5.56 Å². The number of hydrogen-bond donors (Lipinski definition) is 4. The highest BCUT2D eigenvalue weighted by atomic mass is 16.5. The maximum atomic E-state index is 12.3. The molecule has 0 radical (unpaired) electrons. The van der Waals surface area contributed by atoms with Crippen LogP contribution >= 0.6 is 0 Å². The second kappa shape index (κ2) is 7.78. The number of pyridine rings is 1. The average Bonchev–Trinajstić information content (AvgIpc) is 2.58. The normalized spacial score (nSPS) is 10.7. The van der Waals surface area contributed by atoms with E-state index in [0.29, 0.717) is 27.8 Å². The van der Waals surface area contributed by atoms with Crippen molar-refractivity contribution >= 4 is 23.7 Å². The summed E-state index contributed by atoms with van der Waals surface area (Å²) in [6.07, 6.45) is 0. The zero-order valence-corrected chi connectivity index (χ0v) is 16.7. The first kappa shape index (κ1) is 21.7. The maximum Gasteiger partial charge on any atom is 0.342 e. The number of carbonyl (C=O) groups excluding carboxylic acids is 1. The smallest absolute Gasteiger partial charge is 0.342 e. The van der Waals surface area contributed by atoms with Crippen LogP contribution in [0, 0.1) is 27.7 Å². The summed E-state index contributed by atoms with van der Waals surface area (Å²) in [5.41, 5.74) is 6.84. The Hall–Kier alpha value is -3.62. The van der Waals surface area contributed by atoms with E-state index < -0.39 is 40.4 Å². The van der Waals surface area contributed by atoms with Gasteiger partial charge in [0.15, 0.2) is 0 Å². The molecule has 0 atom stereocenters. The molecule has 0 bridgehead atoms. The van der Waals surface area contributed by atoms with E-state index in [4.69, 9.17) is 10.5 Å². The van der Waals surface area contributed by atoms with E-state index in [1.165, 1.54) is 6.92 Å². The molecule has 0 fully saturated rings. The number of carbonyl (C=O) groups is 3. The van der Waals surface area contributed by atoms with Gasteiger partial charge in [-0.25, -0.2) is 9.59 Å². The minimum absolute atomic E-state index is 0.0179. The number of esters is 1. The van der Waals surface area contributed by atoms with Gasteiger partial charge >= 0.3 is 17.9 Å². The Morgan fingerprint density at radius 2 is 1.38 bits per heavy atom. The van der Waals surface area contributed by atoms with Crippen LogP contribution in [-0.4, -0.2) is 33.1 Å². The quantitative estimate of drug-likeness (QED) is 0.554. The summed E-state index contributed by atoms with van der Waals surface area (Å²) >= 11 is 0. The Morgan fingerprint density at radius 3 is 1.79 bits per heavy atom. The minimum Gasteiger partial charge on any atom is -0.478 e. The summed E-state index contributed by atoms with van der Waals surface area (Å²) in [6, 6.07) is 0. The number of aromatic nitrogens is 1. The standard InChI is InChI=1S/C20H22N2O7/c1-7-9(3)13(10(4)8(2)12(7)6-29-11(5)23)14-15(19(25)26)17(21)22-18(24)16(14)20(27)28/h6H2,1-5H3,(H,25,26)(H,27,28)(H3,21,22,24). The van der Waals surface area contributed by atoms with E-state index in [2.05, 4.69) is 4.98 Å². The van der Waals surface area contributed by atoms with Crippen molar-refractivity contribution in [2.24, 2.45) is 0 Å². The Bertz CT molecular complexity index is 1080. The summed E-state index contributed by atoms with van der Waals surface area (Å²) in [4.78, 5) is 49.3. The zero-order chi connectivity index (χ0) is 22.2. The Labute approximate surface area is 166 Å². The molecule has 2 aromatic rings. The fourth-order valence-corrected chi connectivity index (χ4v) is 3.45. The number of anilines is 1. The second-order valence-corrected chi connectivity index (χ2v) is 6.74. The number of aromatic amines is 1. The van der Waals surface area contributed by atoms with E-state index in [0.717, 1.165) is 5.56 Å². The van der Waals surface area contributed by atoms with Gasteiger partial charge in [-0.1, -0.05) is 0 Å². The topological polar surface area (TPSA) is 160 Å². The molecule has 154 valence electrons. The van der Waals surface area contributed by atoms with E-state index in [1.54, 1.807) is 27.7 Å². The van der Waals surface area contributed by atoms with Gasteiger partial charge in [-0.3, -0.25) is 9.59 Å². The van der Waals surface area contributed by atoms with Crippen LogP contribution in [-0.2, 0) is 16.1 Å². The third kappa shape index (κ3) is 3.71. The van der Waals surface area contributed by atoms with Gasteiger partial charge in [0, 0.05) is 12.5 Å². The molecule has 1 aromatic heterocycles. The summed E-state index contributed by atoms with van der Waals surface area (Å²) in [5, 5.41) is 19.3. The SMILES string of the molecule is CC(=O)OCc1c(C)c(C)c(-c2c(C(=O)O)c(N)[nH]c(=O)c2C(=O)O)c(C)c1C. The fraction of sp³-hybridized carbons (Fsp3) is 0.300. The highest BCUT2D eigenvalue weighted by Gasteiger charge is 2.30. The van der Waals surface area contributed by atoms with Gasteiger partial charge in [0.05, 0.1) is 0 Å².